The van der Waals surface area contributed by atoms with Crippen molar-refractivity contribution < 1.29 is 13.2 Å². The summed E-state index contributed by atoms with van der Waals surface area (Å²) in [7, 11) is 0. The lowest BCUT2D eigenvalue weighted by atomic mass is 9.96. The predicted octanol–water partition coefficient (Wildman–Crippen LogP) is 4.38. The number of hydrogen-bond donors (Lipinski definition) is 2. The van der Waals surface area contributed by atoms with E-state index in [2.05, 4.69) is 25.8 Å². The molecule has 0 unspecified atom stereocenters. The molecular formula is C16H18F3N5. The van der Waals surface area contributed by atoms with Crippen molar-refractivity contribution in [2.24, 2.45) is 0 Å². The van der Waals surface area contributed by atoms with Crippen LogP contribution in [-0.2, 0) is 6.18 Å². The number of rotatable bonds is 4. The van der Waals surface area contributed by atoms with Crippen molar-refractivity contribution in [2.75, 3.05) is 10.6 Å². The van der Waals surface area contributed by atoms with Crippen LogP contribution in [0.15, 0.2) is 30.5 Å². The summed E-state index contributed by atoms with van der Waals surface area (Å²) < 4.78 is 39.1. The van der Waals surface area contributed by atoms with Crippen LogP contribution >= 0.6 is 0 Å². The van der Waals surface area contributed by atoms with Gasteiger partial charge in [0.15, 0.2) is 5.82 Å². The van der Waals surface area contributed by atoms with Crippen LogP contribution in [-0.4, -0.2) is 21.2 Å². The van der Waals surface area contributed by atoms with E-state index in [1.807, 2.05) is 0 Å². The predicted molar refractivity (Wildman–Crippen MR) is 85.0 cm³/mol. The van der Waals surface area contributed by atoms with Gasteiger partial charge in [-0.25, -0.2) is 0 Å². The fourth-order valence-electron chi connectivity index (χ4n) is 2.84. The number of nitrogens with one attached hydrogen (secondary N) is 2. The number of benzene rings is 1. The van der Waals surface area contributed by atoms with E-state index in [9.17, 15) is 13.2 Å². The van der Waals surface area contributed by atoms with E-state index < -0.39 is 11.7 Å². The van der Waals surface area contributed by atoms with Crippen LogP contribution in [0.25, 0.3) is 0 Å². The number of aromatic nitrogens is 3. The van der Waals surface area contributed by atoms with Gasteiger partial charge in [-0.3, -0.25) is 0 Å². The molecule has 0 spiro atoms. The topological polar surface area (TPSA) is 62.7 Å². The van der Waals surface area contributed by atoms with Crippen LogP contribution in [0.3, 0.4) is 0 Å². The highest BCUT2D eigenvalue weighted by molar-refractivity contribution is 5.59. The Hall–Kier alpha value is -2.38. The van der Waals surface area contributed by atoms with Crippen molar-refractivity contribution in [1.29, 1.82) is 0 Å². The minimum absolute atomic E-state index is 0.0347. The molecule has 2 N–H and O–H groups in total. The second-order valence-electron chi connectivity index (χ2n) is 5.81. The molecule has 5 nitrogen and oxygen atoms in total. The molecule has 128 valence electrons. The van der Waals surface area contributed by atoms with E-state index >= 15 is 0 Å². The Labute approximate surface area is 137 Å². The molecule has 0 bridgehead atoms. The standard InChI is InChI=1S/C16H18F3N5/c17-16(18,19)12-8-4-5-9-13(12)22-15-23-14(10-20-24-15)21-11-6-2-1-3-7-11/h4-5,8-11H,1-3,6-7H2,(H2,21,22,23,24). The Bertz CT molecular complexity index is 683. The highest BCUT2D eigenvalue weighted by Gasteiger charge is 2.33. The third-order valence-corrected chi connectivity index (χ3v) is 3.99. The smallest absolute Gasteiger partial charge is 0.366 e. The van der Waals surface area contributed by atoms with E-state index in [-0.39, 0.29) is 11.6 Å². The van der Waals surface area contributed by atoms with E-state index in [1.165, 1.54) is 43.7 Å². The molecular weight excluding hydrogens is 319 g/mol. The van der Waals surface area contributed by atoms with Gasteiger partial charge in [0.25, 0.3) is 0 Å². The third-order valence-electron chi connectivity index (χ3n) is 3.99. The summed E-state index contributed by atoms with van der Waals surface area (Å²) in [5.41, 5.74) is -0.860. The normalized spacial score (nSPS) is 16.0. The number of halogens is 3. The number of alkyl halides is 3. The molecule has 1 aromatic heterocycles. The Kier molecular flexibility index (Phi) is 4.82. The molecule has 1 aliphatic rings. The third kappa shape index (κ3) is 4.12. The first kappa shape index (κ1) is 16.5. The van der Waals surface area contributed by atoms with Crippen LogP contribution in [0.5, 0.6) is 0 Å². The fourth-order valence-corrected chi connectivity index (χ4v) is 2.84. The largest absolute Gasteiger partial charge is 0.418 e. The van der Waals surface area contributed by atoms with Gasteiger partial charge in [0, 0.05) is 6.04 Å². The van der Waals surface area contributed by atoms with Crippen LogP contribution in [0, 0.1) is 0 Å². The van der Waals surface area contributed by atoms with Gasteiger partial charge in [0.1, 0.15) is 0 Å². The van der Waals surface area contributed by atoms with Crippen molar-refractivity contribution in [1.82, 2.24) is 15.2 Å². The van der Waals surface area contributed by atoms with Gasteiger partial charge in [0.05, 0.1) is 17.4 Å². The Balaban J connectivity index is 1.75. The first-order valence-corrected chi connectivity index (χ1v) is 7.92. The SMILES string of the molecule is FC(F)(F)c1ccccc1Nc1nncc(NC2CCCCC2)n1. The second-order valence-corrected chi connectivity index (χ2v) is 5.81. The number of para-hydroxylation sites is 1. The first-order chi connectivity index (χ1) is 11.5. The maximum Gasteiger partial charge on any atom is 0.418 e. The minimum Gasteiger partial charge on any atom is -0.366 e. The van der Waals surface area contributed by atoms with Crippen LogP contribution in [0.4, 0.5) is 30.6 Å². The van der Waals surface area contributed by atoms with Crippen molar-refractivity contribution in [3.05, 3.63) is 36.0 Å². The number of nitrogens with zero attached hydrogens (tertiary/aromatic N) is 3. The summed E-state index contributed by atoms with van der Waals surface area (Å²) in [5.74, 6) is 0.552. The molecule has 0 radical (unpaired) electrons. The van der Waals surface area contributed by atoms with Crippen molar-refractivity contribution in [3.8, 4) is 0 Å². The quantitative estimate of drug-likeness (QED) is 0.867. The average Bonchev–Trinajstić information content (AvgIpc) is 2.56. The molecule has 1 fully saturated rings. The number of anilines is 3. The zero-order valence-corrected chi connectivity index (χ0v) is 13.0. The van der Waals surface area contributed by atoms with Gasteiger partial charge in [-0.05, 0) is 25.0 Å². The summed E-state index contributed by atoms with van der Waals surface area (Å²) >= 11 is 0. The Morgan fingerprint density at radius 3 is 2.54 bits per heavy atom. The monoisotopic (exact) mass is 337 g/mol. The molecule has 8 heteroatoms. The Morgan fingerprint density at radius 2 is 1.79 bits per heavy atom. The first-order valence-electron chi connectivity index (χ1n) is 7.92. The molecule has 2 aromatic rings. The second kappa shape index (κ2) is 7.02. The molecule has 24 heavy (non-hydrogen) atoms. The number of hydrogen-bond acceptors (Lipinski definition) is 5. The molecule has 1 aliphatic carbocycles. The van der Waals surface area contributed by atoms with E-state index in [0.29, 0.717) is 11.9 Å². The maximum absolute atomic E-state index is 13.0. The van der Waals surface area contributed by atoms with Gasteiger partial charge < -0.3 is 10.6 Å². The van der Waals surface area contributed by atoms with Crippen molar-refractivity contribution in [3.63, 3.8) is 0 Å². The summed E-state index contributed by atoms with van der Waals surface area (Å²) in [5, 5.41) is 13.5. The van der Waals surface area contributed by atoms with E-state index in [0.717, 1.165) is 18.9 Å². The lowest BCUT2D eigenvalue weighted by Gasteiger charge is -2.23. The van der Waals surface area contributed by atoms with Crippen molar-refractivity contribution in [2.45, 2.75) is 44.3 Å². The fraction of sp³-hybridized carbons (Fsp3) is 0.438. The highest BCUT2D eigenvalue weighted by atomic mass is 19.4. The summed E-state index contributed by atoms with van der Waals surface area (Å²) in [6, 6.07) is 5.54. The maximum atomic E-state index is 13.0. The molecule has 0 atom stereocenters. The molecule has 1 saturated carbocycles. The minimum atomic E-state index is -4.45. The van der Waals surface area contributed by atoms with Gasteiger partial charge in [-0.2, -0.15) is 23.3 Å². The van der Waals surface area contributed by atoms with Crippen LogP contribution in [0.1, 0.15) is 37.7 Å². The zero-order valence-electron chi connectivity index (χ0n) is 13.0. The van der Waals surface area contributed by atoms with Crippen LogP contribution in [0.2, 0.25) is 0 Å². The Morgan fingerprint density at radius 1 is 1.04 bits per heavy atom. The summed E-state index contributed by atoms with van der Waals surface area (Å²) in [4.78, 5) is 4.22. The molecule has 0 aliphatic heterocycles. The molecule has 3 rings (SSSR count). The molecule has 1 heterocycles. The van der Waals surface area contributed by atoms with Crippen LogP contribution < -0.4 is 10.6 Å². The molecule has 1 aromatic carbocycles. The lowest BCUT2D eigenvalue weighted by Crippen LogP contribution is -2.23. The van der Waals surface area contributed by atoms with Gasteiger partial charge in [0.2, 0.25) is 5.95 Å². The zero-order chi connectivity index (χ0) is 17.0. The van der Waals surface area contributed by atoms with Crippen molar-refractivity contribution >= 4 is 17.5 Å². The summed E-state index contributed by atoms with van der Waals surface area (Å²) in [6.07, 6.45) is 2.72. The highest BCUT2D eigenvalue weighted by Crippen LogP contribution is 2.35. The molecule has 0 saturated heterocycles. The lowest BCUT2D eigenvalue weighted by molar-refractivity contribution is -0.136. The van der Waals surface area contributed by atoms with Gasteiger partial charge in [-0.1, -0.05) is 31.4 Å². The molecule has 0 amide bonds. The van der Waals surface area contributed by atoms with E-state index in [1.54, 1.807) is 0 Å². The van der Waals surface area contributed by atoms with E-state index in [4.69, 9.17) is 0 Å². The van der Waals surface area contributed by atoms with Gasteiger partial charge >= 0.3 is 6.18 Å². The van der Waals surface area contributed by atoms with Gasteiger partial charge in [-0.15, -0.1) is 5.10 Å². The summed E-state index contributed by atoms with van der Waals surface area (Å²) in [6.45, 7) is 0. The average molecular weight is 337 g/mol.